The fourth-order valence-corrected chi connectivity index (χ4v) is 4.27. The Morgan fingerprint density at radius 3 is 2.52 bits per heavy atom. The minimum Gasteiger partial charge on any atom is -0.338 e. The van der Waals surface area contributed by atoms with E-state index in [1.165, 1.54) is 17.2 Å². The highest BCUT2D eigenvalue weighted by Gasteiger charge is 2.20. The topological polar surface area (TPSA) is 81.2 Å². The maximum absolute atomic E-state index is 12.5. The zero-order chi connectivity index (χ0) is 21.4. The van der Waals surface area contributed by atoms with Crippen LogP contribution in [0.25, 0.3) is 11.3 Å². The van der Waals surface area contributed by atoms with Crippen LogP contribution in [0.4, 0.5) is 11.9 Å². The minimum absolute atomic E-state index is 0.165. The number of aromatic nitrogens is 4. The monoisotopic (exact) mass is 417 g/mol. The van der Waals surface area contributed by atoms with Gasteiger partial charge in [-0.2, -0.15) is 0 Å². The Bertz CT molecular complexity index is 1150. The molecule has 0 radical (unpaired) electrons. The van der Waals surface area contributed by atoms with Crippen molar-refractivity contribution in [1.29, 1.82) is 0 Å². The van der Waals surface area contributed by atoms with Gasteiger partial charge in [-0.15, -0.1) is 0 Å². The Hall–Kier alpha value is -3.26. The van der Waals surface area contributed by atoms with Crippen LogP contribution in [0.15, 0.2) is 41.3 Å². The smallest absolute Gasteiger partial charge is 0.252 e. The molecular formula is C23H27N7O. The number of likely N-dealkylation sites (N-methyl/N-ethyl adjacent to an activating group) is 1. The largest absolute Gasteiger partial charge is 0.338 e. The molecule has 3 aromatic rings. The molecule has 2 aliphatic rings. The lowest BCUT2D eigenvalue weighted by atomic mass is 10.0. The molecule has 0 saturated carbocycles. The summed E-state index contributed by atoms with van der Waals surface area (Å²) in [5.74, 6) is 1.34. The first kappa shape index (κ1) is 19.7. The number of nitrogens with one attached hydrogen (secondary N) is 1. The quantitative estimate of drug-likeness (QED) is 0.697. The normalized spacial score (nSPS) is 17.0. The molecule has 160 valence electrons. The predicted octanol–water partition coefficient (Wildman–Crippen LogP) is 1.85. The van der Waals surface area contributed by atoms with Crippen molar-refractivity contribution in [2.45, 2.75) is 19.9 Å². The molecule has 5 rings (SSSR count). The van der Waals surface area contributed by atoms with Gasteiger partial charge in [-0.05, 0) is 31.5 Å². The van der Waals surface area contributed by atoms with Gasteiger partial charge in [0.15, 0.2) is 0 Å². The predicted molar refractivity (Wildman–Crippen MR) is 122 cm³/mol. The van der Waals surface area contributed by atoms with Crippen molar-refractivity contribution in [3.63, 3.8) is 0 Å². The summed E-state index contributed by atoms with van der Waals surface area (Å²) in [6.45, 7) is 7.35. The van der Waals surface area contributed by atoms with Crippen LogP contribution in [0.1, 0.15) is 16.8 Å². The number of benzene rings is 1. The van der Waals surface area contributed by atoms with Crippen LogP contribution < -0.4 is 15.4 Å². The number of nitrogens with zero attached hydrogens (tertiary/aromatic N) is 6. The zero-order valence-corrected chi connectivity index (χ0v) is 18.0. The minimum atomic E-state index is -0.165. The van der Waals surface area contributed by atoms with E-state index in [4.69, 9.17) is 9.97 Å². The summed E-state index contributed by atoms with van der Waals surface area (Å²) in [6.07, 6.45) is 2.74. The van der Waals surface area contributed by atoms with Gasteiger partial charge >= 0.3 is 0 Å². The average molecular weight is 418 g/mol. The van der Waals surface area contributed by atoms with Crippen LogP contribution in [0, 0.1) is 6.92 Å². The van der Waals surface area contributed by atoms with Crippen molar-refractivity contribution in [3.8, 4) is 11.3 Å². The number of hydrogen-bond donors (Lipinski definition) is 1. The Labute approximate surface area is 181 Å². The van der Waals surface area contributed by atoms with E-state index in [-0.39, 0.29) is 5.56 Å². The number of rotatable bonds is 3. The summed E-state index contributed by atoms with van der Waals surface area (Å²) in [5.41, 5.74) is 4.71. The first-order valence-electron chi connectivity index (χ1n) is 10.8. The van der Waals surface area contributed by atoms with Gasteiger partial charge in [-0.1, -0.05) is 24.3 Å². The lowest BCUT2D eigenvalue weighted by Gasteiger charge is -2.32. The Balaban J connectivity index is 1.42. The average Bonchev–Trinajstić information content (AvgIpc) is 2.79. The van der Waals surface area contributed by atoms with Crippen molar-refractivity contribution in [2.24, 2.45) is 0 Å². The van der Waals surface area contributed by atoms with Crippen LogP contribution in [0.2, 0.25) is 0 Å². The highest BCUT2D eigenvalue weighted by atomic mass is 16.1. The van der Waals surface area contributed by atoms with E-state index in [0.29, 0.717) is 11.6 Å². The van der Waals surface area contributed by atoms with Gasteiger partial charge in [-0.25, -0.2) is 15.0 Å². The van der Waals surface area contributed by atoms with Crippen LogP contribution >= 0.6 is 0 Å². The van der Waals surface area contributed by atoms with Crippen LogP contribution in [-0.2, 0) is 13.0 Å². The van der Waals surface area contributed by atoms with E-state index in [2.05, 4.69) is 56.0 Å². The van der Waals surface area contributed by atoms with Crippen LogP contribution in [-0.4, -0.2) is 64.6 Å². The van der Waals surface area contributed by atoms with Gasteiger partial charge in [-0.3, -0.25) is 9.78 Å². The van der Waals surface area contributed by atoms with Crippen molar-refractivity contribution < 1.29 is 0 Å². The lowest BCUT2D eigenvalue weighted by Crippen LogP contribution is -2.45. The number of H-pyrrole nitrogens is 1. The molecule has 31 heavy (non-hydrogen) atoms. The summed E-state index contributed by atoms with van der Waals surface area (Å²) in [7, 11) is 2.13. The van der Waals surface area contributed by atoms with Gasteiger partial charge in [0, 0.05) is 57.1 Å². The fourth-order valence-electron chi connectivity index (χ4n) is 4.27. The summed E-state index contributed by atoms with van der Waals surface area (Å²) in [4.78, 5) is 36.1. The summed E-state index contributed by atoms with van der Waals surface area (Å²) in [5, 5.41) is 0. The Morgan fingerprint density at radius 2 is 1.74 bits per heavy atom. The van der Waals surface area contributed by atoms with E-state index < -0.39 is 0 Å². The van der Waals surface area contributed by atoms with Gasteiger partial charge in [0.1, 0.15) is 0 Å². The van der Waals surface area contributed by atoms with E-state index >= 15 is 0 Å². The molecule has 4 heterocycles. The first-order valence-corrected chi connectivity index (χ1v) is 10.8. The molecule has 1 aromatic carbocycles. The molecule has 0 spiro atoms. The SMILES string of the molecule is Cc1nc(N2CCN(C)CC2)ncc1-c1cc(=O)[nH]c(N2CCc3ccccc3C2)n1. The number of aromatic amines is 1. The second-order valence-corrected chi connectivity index (χ2v) is 8.35. The van der Waals surface area contributed by atoms with E-state index in [9.17, 15) is 4.79 Å². The number of fused-ring (bicyclic) bond motifs is 1. The molecule has 0 bridgehead atoms. The van der Waals surface area contributed by atoms with Gasteiger partial charge in [0.05, 0.1) is 11.4 Å². The van der Waals surface area contributed by atoms with Gasteiger partial charge < -0.3 is 14.7 Å². The standard InChI is InChI=1S/C23H27N7O/c1-16-19(14-24-22(25-16)29-11-9-28(2)10-12-29)20-13-21(31)27-23(26-20)30-8-7-17-5-3-4-6-18(17)15-30/h3-6,13-14H,7-12,15H2,1-2H3,(H,26,27,31). The number of piperazine rings is 1. The molecule has 2 aliphatic heterocycles. The lowest BCUT2D eigenvalue weighted by molar-refractivity contribution is 0.311. The molecule has 8 heteroatoms. The van der Waals surface area contributed by atoms with Gasteiger partial charge in [0.25, 0.3) is 5.56 Å². The third-order valence-electron chi connectivity index (χ3n) is 6.19. The second-order valence-electron chi connectivity index (χ2n) is 8.35. The van der Waals surface area contributed by atoms with E-state index in [1.54, 1.807) is 6.20 Å². The molecular weight excluding hydrogens is 390 g/mol. The summed E-state index contributed by atoms with van der Waals surface area (Å²) < 4.78 is 0. The van der Waals surface area contributed by atoms with E-state index in [1.807, 2.05) is 6.92 Å². The molecule has 0 atom stereocenters. The van der Waals surface area contributed by atoms with Crippen molar-refractivity contribution in [1.82, 2.24) is 24.8 Å². The maximum Gasteiger partial charge on any atom is 0.252 e. The molecule has 0 unspecified atom stereocenters. The molecule has 0 amide bonds. The van der Waals surface area contributed by atoms with Crippen molar-refractivity contribution in [3.05, 3.63) is 63.7 Å². The molecule has 2 aromatic heterocycles. The van der Waals surface area contributed by atoms with Crippen LogP contribution in [0.3, 0.4) is 0 Å². The zero-order valence-electron chi connectivity index (χ0n) is 18.0. The fraction of sp³-hybridized carbons (Fsp3) is 0.391. The Morgan fingerprint density at radius 1 is 0.968 bits per heavy atom. The molecule has 1 saturated heterocycles. The molecule has 1 N–H and O–H groups in total. The first-order chi connectivity index (χ1) is 15.1. The highest BCUT2D eigenvalue weighted by Crippen LogP contribution is 2.25. The van der Waals surface area contributed by atoms with Crippen molar-refractivity contribution >= 4 is 11.9 Å². The number of hydrogen-bond acceptors (Lipinski definition) is 7. The molecule has 1 fully saturated rings. The van der Waals surface area contributed by atoms with Gasteiger partial charge in [0.2, 0.25) is 11.9 Å². The van der Waals surface area contributed by atoms with Crippen LogP contribution in [0.5, 0.6) is 0 Å². The third-order valence-corrected chi connectivity index (χ3v) is 6.19. The van der Waals surface area contributed by atoms with Crippen molar-refractivity contribution in [2.75, 3.05) is 49.6 Å². The number of aryl methyl sites for hydroxylation is 1. The number of anilines is 2. The van der Waals surface area contributed by atoms with E-state index in [0.717, 1.165) is 62.9 Å². The summed E-state index contributed by atoms with van der Waals surface area (Å²) >= 11 is 0. The summed E-state index contributed by atoms with van der Waals surface area (Å²) in [6, 6.07) is 9.96. The maximum atomic E-state index is 12.5. The highest BCUT2D eigenvalue weighted by molar-refractivity contribution is 5.62. The molecule has 8 nitrogen and oxygen atoms in total. The second kappa shape index (κ2) is 8.11. The third kappa shape index (κ3) is 4.03. The Kier molecular flexibility index (Phi) is 5.15. The molecule has 0 aliphatic carbocycles.